The first-order chi connectivity index (χ1) is 10.1. The lowest BCUT2D eigenvalue weighted by Crippen LogP contribution is -2.33. The summed E-state index contributed by atoms with van der Waals surface area (Å²) in [6.45, 7) is 10.3. The molecule has 21 heavy (non-hydrogen) atoms. The summed E-state index contributed by atoms with van der Waals surface area (Å²) in [5, 5.41) is 11.6. The second kappa shape index (κ2) is 5.85. The average molecular weight is 285 g/mol. The Labute approximate surface area is 126 Å². The molecule has 2 heterocycles. The molecule has 1 aliphatic heterocycles. The zero-order valence-electron chi connectivity index (χ0n) is 13.0. The standard InChI is InChI=1S/C16H23N5/c1-12(2)17-9-14-4-5-15(8-13(14)3)20-6-7-21-11-18-19-16(21)10-20/h4-5,8,11-12,17H,6-7,9-10H2,1-3H3. The van der Waals surface area contributed by atoms with Crippen LogP contribution in [0, 0.1) is 6.92 Å². The van der Waals surface area contributed by atoms with E-state index in [0.717, 1.165) is 32.0 Å². The van der Waals surface area contributed by atoms with Crippen molar-refractivity contribution in [3.63, 3.8) is 0 Å². The first-order valence-corrected chi connectivity index (χ1v) is 7.58. The van der Waals surface area contributed by atoms with Gasteiger partial charge in [-0.3, -0.25) is 0 Å². The highest BCUT2D eigenvalue weighted by Gasteiger charge is 2.18. The van der Waals surface area contributed by atoms with Gasteiger partial charge < -0.3 is 14.8 Å². The summed E-state index contributed by atoms with van der Waals surface area (Å²) in [6.07, 6.45) is 1.82. The summed E-state index contributed by atoms with van der Waals surface area (Å²) in [4.78, 5) is 2.37. The highest BCUT2D eigenvalue weighted by molar-refractivity contribution is 5.51. The minimum Gasteiger partial charge on any atom is -0.362 e. The number of nitrogens with zero attached hydrogens (tertiary/aromatic N) is 4. The van der Waals surface area contributed by atoms with E-state index in [4.69, 9.17) is 0 Å². The maximum Gasteiger partial charge on any atom is 0.152 e. The van der Waals surface area contributed by atoms with Crippen molar-refractivity contribution in [3.8, 4) is 0 Å². The molecule has 0 saturated carbocycles. The monoisotopic (exact) mass is 285 g/mol. The SMILES string of the molecule is Cc1cc(N2CCn3cnnc3C2)ccc1CNC(C)C. The summed E-state index contributed by atoms with van der Waals surface area (Å²) in [5.41, 5.74) is 3.98. The van der Waals surface area contributed by atoms with E-state index in [2.05, 4.69) is 64.0 Å². The molecule has 0 unspecified atom stereocenters. The van der Waals surface area contributed by atoms with Gasteiger partial charge in [0.25, 0.3) is 0 Å². The van der Waals surface area contributed by atoms with E-state index in [0.29, 0.717) is 6.04 Å². The number of hydrogen-bond donors (Lipinski definition) is 1. The maximum atomic E-state index is 4.18. The van der Waals surface area contributed by atoms with Gasteiger partial charge in [-0.05, 0) is 30.2 Å². The van der Waals surface area contributed by atoms with Gasteiger partial charge in [-0.1, -0.05) is 19.9 Å². The highest BCUT2D eigenvalue weighted by atomic mass is 15.3. The van der Waals surface area contributed by atoms with Crippen LogP contribution in [0.2, 0.25) is 0 Å². The predicted octanol–water partition coefficient (Wildman–Crippen LogP) is 2.10. The Hall–Kier alpha value is -1.88. The predicted molar refractivity (Wildman–Crippen MR) is 84.2 cm³/mol. The Morgan fingerprint density at radius 1 is 1.29 bits per heavy atom. The Kier molecular flexibility index (Phi) is 3.92. The fourth-order valence-electron chi connectivity index (χ4n) is 2.68. The molecule has 1 aromatic heterocycles. The summed E-state index contributed by atoms with van der Waals surface area (Å²) in [5.74, 6) is 1.05. The Bertz CT molecular complexity index is 617. The molecule has 0 spiro atoms. The number of nitrogens with one attached hydrogen (secondary N) is 1. The van der Waals surface area contributed by atoms with E-state index < -0.39 is 0 Å². The first-order valence-electron chi connectivity index (χ1n) is 7.58. The van der Waals surface area contributed by atoms with Crippen LogP contribution in [0.4, 0.5) is 5.69 Å². The Morgan fingerprint density at radius 3 is 2.90 bits per heavy atom. The molecule has 0 saturated heterocycles. The lowest BCUT2D eigenvalue weighted by Gasteiger charge is -2.29. The minimum atomic E-state index is 0.512. The van der Waals surface area contributed by atoms with Gasteiger partial charge in [-0.2, -0.15) is 0 Å². The third-order valence-corrected chi connectivity index (χ3v) is 4.03. The Balaban J connectivity index is 1.73. The molecule has 5 nitrogen and oxygen atoms in total. The molecule has 3 rings (SSSR count). The van der Waals surface area contributed by atoms with Gasteiger partial charge in [0.15, 0.2) is 5.82 Å². The third-order valence-electron chi connectivity index (χ3n) is 4.03. The molecular weight excluding hydrogens is 262 g/mol. The van der Waals surface area contributed by atoms with Crippen LogP contribution in [0.25, 0.3) is 0 Å². The molecule has 0 radical (unpaired) electrons. The van der Waals surface area contributed by atoms with E-state index in [-0.39, 0.29) is 0 Å². The van der Waals surface area contributed by atoms with Crippen LogP contribution in [0.3, 0.4) is 0 Å². The molecule has 1 N–H and O–H groups in total. The van der Waals surface area contributed by atoms with Gasteiger partial charge in [0, 0.05) is 31.4 Å². The van der Waals surface area contributed by atoms with Crippen molar-refractivity contribution in [2.24, 2.45) is 0 Å². The lowest BCUT2D eigenvalue weighted by molar-refractivity contribution is 0.559. The number of hydrogen-bond acceptors (Lipinski definition) is 4. The normalized spacial score (nSPS) is 14.6. The van der Waals surface area contributed by atoms with Gasteiger partial charge in [-0.15, -0.1) is 10.2 Å². The molecule has 0 aliphatic carbocycles. The van der Waals surface area contributed by atoms with Crippen LogP contribution in [-0.2, 0) is 19.6 Å². The van der Waals surface area contributed by atoms with Gasteiger partial charge in [0.2, 0.25) is 0 Å². The molecule has 0 bridgehead atoms. The number of anilines is 1. The zero-order valence-corrected chi connectivity index (χ0v) is 13.0. The van der Waals surface area contributed by atoms with E-state index in [1.807, 2.05) is 6.33 Å². The minimum absolute atomic E-state index is 0.512. The molecule has 0 amide bonds. The van der Waals surface area contributed by atoms with E-state index in [1.165, 1.54) is 16.8 Å². The Morgan fingerprint density at radius 2 is 2.14 bits per heavy atom. The summed E-state index contributed by atoms with van der Waals surface area (Å²) >= 11 is 0. The smallest absolute Gasteiger partial charge is 0.152 e. The zero-order chi connectivity index (χ0) is 14.8. The molecule has 112 valence electrons. The van der Waals surface area contributed by atoms with E-state index in [9.17, 15) is 0 Å². The van der Waals surface area contributed by atoms with Crippen molar-refractivity contribution >= 4 is 5.69 Å². The molecular formula is C16H23N5. The van der Waals surface area contributed by atoms with Crippen molar-refractivity contribution in [2.45, 2.75) is 46.4 Å². The van der Waals surface area contributed by atoms with Crippen LogP contribution in [-0.4, -0.2) is 27.4 Å². The number of rotatable bonds is 4. The molecule has 2 aromatic rings. The number of benzene rings is 1. The highest BCUT2D eigenvalue weighted by Crippen LogP contribution is 2.23. The molecule has 0 atom stereocenters. The summed E-state index contributed by atoms with van der Waals surface area (Å²) in [6, 6.07) is 7.25. The van der Waals surface area contributed by atoms with Crippen LogP contribution in [0.5, 0.6) is 0 Å². The number of aryl methyl sites for hydroxylation is 1. The lowest BCUT2D eigenvalue weighted by atomic mass is 10.1. The van der Waals surface area contributed by atoms with Gasteiger partial charge >= 0.3 is 0 Å². The second-order valence-corrected chi connectivity index (χ2v) is 6.01. The van der Waals surface area contributed by atoms with Crippen molar-refractivity contribution in [2.75, 3.05) is 11.4 Å². The topological polar surface area (TPSA) is 46.0 Å². The average Bonchev–Trinajstić information content (AvgIpc) is 2.93. The first kappa shape index (κ1) is 14.1. The van der Waals surface area contributed by atoms with Gasteiger partial charge in [-0.25, -0.2) is 0 Å². The van der Waals surface area contributed by atoms with Crippen LogP contribution >= 0.6 is 0 Å². The largest absolute Gasteiger partial charge is 0.362 e. The molecule has 1 aliphatic rings. The fraction of sp³-hybridized carbons (Fsp3) is 0.500. The molecule has 0 fully saturated rings. The molecule has 1 aromatic carbocycles. The summed E-state index contributed by atoms with van der Waals surface area (Å²) < 4.78 is 2.13. The van der Waals surface area contributed by atoms with Crippen molar-refractivity contribution in [1.29, 1.82) is 0 Å². The van der Waals surface area contributed by atoms with Crippen molar-refractivity contribution in [1.82, 2.24) is 20.1 Å². The van der Waals surface area contributed by atoms with Crippen LogP contribution in [0.1, 0.15) is 30.8 Å². The second-order valence-electron chi connectivity index (χ2n) is 6.01. The van der Waals surface area contributed by atoms with Gasteiger partial charge in [0.05, 0.1) is 6.54 Å². The van der Waals surface area contributed by atoms with E-state index in [1.54, 1.807) is 0 Å². The number of aromatic nitrogens is 3. The van der Waals surface area contributed by atoms with Crippen LogP contribution in [0.15, 0.2) is 24.5 Å². The van der Waals surface area contributed by atoms with Crippen molar-refractivity contribution in [3.05, 3.63) is 41.5 Å². The summed E-state index contributed by atoms with van der Waals surface area (Å²) in [7, 11) is 0. The fourth-order valence-corrected chi connectivity index (χ4v) is 2.68. The maximum absolute atomic E-state index is 4.18. The van der Waals surface area contributed by atoms with Crippen LogP contribution < -0.4 is 10.2 Å². The third kappa shape index (κ3) is 3.08. The number of fused-ring (bicyclic) bond motifs is 1. The quantitative estimate of drug-likeness (QED) is 0.934. The van der Waals surface area contributed by atoms with Gasteiger partial charge in [0.1, 0.15) is 6.33 Å². The van der Waals surface area contributed by atoms with Crippen molar-refractivity contribution < 1.29 is 0 Å². The molecule has 5 heteroatoms. The van der Waals surface area contributed by atoms with E-state index >= 15 is 0 Å².